The zero-order valence-corrected chi connectivity index (χ0v) is 17.5. The number of hydrogen-bond donors (Lipinski definition) is 2. The van der Waals surface area contributed by atoms with Gasteiger partial charge in [0, 0.05) is 21.8 Å². The fourth-order valence-corrected chi connectivity index (χ4v) is 4.07. The predicted octanol–water partition coefficient (Wildman–Crippen LogP) is 7.25. The molecule has 0 saturated heterocycles. The zero-order valence-electron chi connectivity index (χ0n) is 16.6. The van der Waals surface area contributed by atoms with Crippen molar-refractivity contribution >= 4 is 23.3 Å². The molecule has 2 aromatic rings. The number of benzene rings is 2. The van der Waals surface area contributed by atoms with E-state index in [2.05, 4.69) is 49.5 Å². The summed E-state index contributed by atoms with van der Waals surface area (Å²) >= 11 is 1.70. The van der Waals surface area contributed by atoms with Crippen LogP contribution in [0.1, 0.15) is 58.4 Å². The Hall–Kier alpha value is -1.78. The molecule has 2 nitrogen and oxygen atoms in total. The molecular formula is C23H31FN2S. The molecule has 0 heterocycles. The van der Waals surface area contributed by atoms with Gasteiger partial charge in [-0.2, -0.15) is 0 Å². The molecule has 27 heavy (non-hydrogen) atoms. The van der Waals surface area contributed by atoms with Gasteiger partial charge < -0.3 is 5.32 Å². The molecule has 4 heteroatoms. The van der Waals surface area contributed by atoms with Crippen molar-refractivity contribution in [2.75, 3.05) is 5.32 Å². The summed E-state index contributed by atoms with van der Waals surface area (Å²) in [4.78, 5) is 1.16. The molecule has 0 aliphatic heterocycles. The van der Waals surface area contributed by atoms with Crippen molar-refractivity contribution in [2.24, 2.45) is 0 Å². The van der Waals surface area contributed by atoms with E-state index in [9.17, 15) is 4.39 Å². The van der Waals surface area contributed by atoms with Gasteiger partial charge in [0.25, 0.3) is 0 Å². The van der Waals surface area contributed by atoms with Gasteiger partial charge in [0.15, 0.2) is 0 Å². The number of unbranched alkanes of at least 4 members (excludes halogenated alkanes) is 1. The predicted molar refractivity (Wildman–Crippen MR) is 117 cm³/mol. The molecule has 0 amide bonds. The first-order valence-electron chi connectivity index (χ1n) is 9.78. The quantitative estimate of drug-likeness (QED) is 0.398. The van der Waals surface area contributed by atoms with Crippen LogP contribution in [0.5, 0.6) is 0 Å². The van der Waals surface area contributed by atoms with Gasteiger partial charge in [-0.15, -0.1) is 0 Å². The van der Waals surface area contributed by atoms with Crippen LogP contribution in [0.15, 0.2) is 60.0 Å². The standard InChI is InChI=1S/C23H31FN2S/c1-5-8-16-23(6-2,7-3)26-27-22-11-9-10-19(17-22)18(4)25-21-14-12-20(24)13-15-21/h9-15,17,25-26H,4-8,16H2,1-3H3. The molecular weight excluding hydrogens is 355 g/mol. The smallest absolute Gasteiger partial charge is 0.123 e. The number of nitrogens with one attached hydrogen (secondary N) is 2. The van der Waals surface area contributed by atoms with E-state index in [-0.39, 0.29) is 11.4 Å². The van der Waals surface area contributed by atoms with Crippen LogP contribution in [0.3, 0.4) is 0 Å². The van der Waals surface area contributed by atoms with Crippen LogP contribution in [0.2, 0.25) is 0 Å². The molecule has 0 spiro atoms. The number of hydrogen-bond acceptors (Lipinski definition) is 3. The summed E-state index contributed by atoms with van der Waals surface area (Å²) < 4.78 is 16.8. The SMILES string of the molecule is C=C(Nc1ccc(F)cc1)c1cccc(SNC(CC)(CC)CCCC)c1. The maximum atomic E-state index is 13.1. The van der Waals surface area contributed by atoms with E-state index in [1.807, 2.05) is 12.1 Å². The Morgan fingerprint density at radius 1 is 1.07 bits per heavy atom. The lowest BCUT2D eigenvalue weighted by atomic mass is 9.88. The van der Waals surface area contributed by atoms with Crippen molar-refractivity contribution in [3.63, 3.8) is 0 Å². The highest BCUT2D eigenvalue weighted by Gasteiger charge is 2.25. The van der Waals surface area contributed by atoms with Crippen molar-refractivity contribution < 1.29 is 4.39 Å². The lowest BCUT2D eigenvalue weighted by Crippen LogP contribution is -2.39. The Kier molecular flexibility index (Phi) is 8.39. The topological polar surface area (TPSA) is 24.1 Å². The van der Waals surface area contributed by atoms with E-state index in [0.29, 0.717) is 0 Å². The number of halogens is 1. The van der Waals surface area contributed by atoms with Crippen LogP contribution >= 0.6 is 11.9 Å². The molecule has 0 bridgehead atoms. The minimum Gasteiger partial charge on any atom is -0.356 e. The Balaban J connectivity index is 2.03. The number of rotatable bonds is 11. The van der Waals surface area contributed by atoms with E-state index >= 15 is 0 Å². The van der Waals surface area contributed by atoms with Gasteiger partial charge in [-0.05, 0) is 73.2 Å². The molecule has 0 aromatic heterocycles. The molecule has 0 atom stereocenters. The van der Waals surface area contributed by atoms with Gasteiger partial charge >= 0.3 is 0 Å². The number of anilines is 1. The third kappa shape index (κ3) is 6.40. The minimum absolute atomic E-state index is 0.181. The van der Waals surface area contributed by atoms with Crippen LogP contribution in [0.4, 0.5) is 10.1 Å². The third-order valence-electron chi connectivity index (χ3n) is 5.07. The molecule has 2 rings (SSSR count). The minimum atomic E-state index is -0.242. The average molecular weight is 387 g/mol. The van der Waals surface area contributed by atoms with Gasteiger partial charge in [-0.3, -0.25) is 4.72 Å². The Labute approximate surface area is 167 Å². The molecule has 0 fully saturated rings. The van der Waals surface area contributed by atoms with Crippen LogP contribution in [-0.2, 0) is 0 Å². The van der Waals surface area contributed by atoms with E-state index in [1.165, 1.54) is 31.4 Å². The maximum absolute atomic E-state index is 13.1. The molecule has 2 aromatic carbocycles. The maximum Gasteiger partial charge on any atom is 0.123 e. The largest absolute Gasteiger partial charge is 0.356 e. The Bertz CT molecular complexity index is 723. The highest BCUT2D eigenvalue weighted by molar-refractivity contribution is 7.97. The summed E-state index contributed by atoms with van der Waals surface area (Å²) in [6.45, 7) is 10.9. The van der Waals surface area contributed by atoms with Gasteiger partial charge in [0.2, 0.25) is 0 Å². The molecule has 0 radical (unpaired) electrons. The van der Waals surface area contributed by atoms with E-state index < -0.39 is 0 Å². The van der Waals surface area contributed by atoms with Crippen molar-refractivity contribution in [1.82, 2.24) is 4.72 Å². The summed E-state index contributed by atoms with van der Waals surface area (Å²) in [5, 5.41) is 3.24. The summed E-state index contributed by atoms with van der Waals surface area (Å²) in [7, 11) is 0. The van der Waals surface area contributed by atoms with Crippen LogP contribution in [-0.4, -0.2) is 5.54 Å². The van der Waals surface area contributed by atoms with Crippen LogP contribution < -0.4 is 10.0 Å². The zero-order chi connectivity index (χ0) is 19.7. The molecule has 0 unspecified atom stereocenters. The highest BCUT2D eigenvalue weighted by atomic mass is 32.2. The second kappa shape index (κ2) is 10.5. The molecule has 0 aliphatic rings. The second-order valence-corrected chi connectivity index (χ2v) is 7.81. The van der Waals surface area contributed by atoms with Gasteiger partial charge in [-0.1, -0.05) is 52.3 Å². The molecule has 0 aliphatic carbocycles. The summed E-state index contributed by atoms with van der Waals surface area (Å²) in [6.07, 6.45) is 5.90. The highest BCUT2D eigenvalue weighted by Crippen LogP contribution is 2.29. The van der Waals surface area contributed by atoms with Crippen molar-refractivity contribution in [3.8, 4) is 0 Å². The summed E-state index contributed by atoms with van der Waals surface area (Å²) in [5.41, 5.74) is 2.83. The fraction of sp³-hybridized carbons (Fsp3) is 0.391. The Morgan fingerprint density at radius 3 is 2.41 bits per heavy atom. The lowest BCUT2D eigenvalue weighted by Gasteiger charge is -2.32. The fourth-order valence-electron chi connectivity index (χ4n) is 3.01. The normalized spacial score (nSPS) is 11.4. The monoisotopic (exact) mass is 386 g/mol. The van der Waals surface area contributed by atoms with E-state index in [4.69, 9.17) is 0 Å². The second-order valence-electron chi connectivity index (χ2n) is 6.93. The lowest BCUT2D eigenvalue weighted by molar-refractivity contribution is 0.330. The first-order valence-corrected chi connectivity index (χ1v) is 10.6. The van der Waals surface area contributed by atoms with Crippen molar-refractivity contribution in [1.29, 1.82) is 0 Å². The first-order chi connectivity index (χ1) is 13.0. The van der Waals surface area contributed by atoms with Gasteiger partial charge in [0.1, 0.15) is 5.82 Å². The third-order valence-corrected chi connectivity index (χ3v) is 6.09. The van der Waals surface area contributed by atoms with Crippen LogP contribution in [0.25, 0.3) is 5.70 Å². The van der Waals surface area contributed by atoms with Gasteiger partial charge in [-0.25, -0.2) is 4.39 Å². The Morgan fingerprint density at radius 2 is 1.78 bits per heavy atom. The van der Waals surface area contributed by atoms with Crippen molar-refractivity contribution in [3.05, 3.63) is 66.5 Å². The summed E-state index contributed by atoms with van der Waals surface area (Å²) in [6, 6.07) is 14.6. The molecule has 146 valence electrons. The van der Waals surface area contributed by atoms with Crippen molar-refractivity contribution in [2.45, 2.75) is 63.3 Å². The molecule has 0 saturated carbocycles. The average Bonchev–Trinajstić information content (AvgIpc) is 2.70. The van der Waals surface area contributed by atoms with Gasteiger partial charge in [0.05, 0.1) is 0 Å². The van der Waals surface area contributed by atoms with E-state index in [1.54, 1.807) is 24.1 Å². The summed E-state index contributed by atoms with van der Waals surface area (Å²) in [5.74, 6) is -0.242. The molecule has 2 N–H and O–H groups in total. The first kappa shape index (κ1) is 21.5. The van der Waals surface area contributed by atoms with E-state index in [0.717, 1.165) is 34.7 Å². The van der Waals surface area contributed by atoms with Crippen LogP contribution in [0, 0.1) is 5.82 Å².